The van der Waals surface area contributed by atoms with Gasteiger partial charge >= 0.3 is 0 Å². The number of nitrogens with zero attached hydrogens (tertiary/aromatic N) is 1. The number of nitrogen functional groups attached to an aromatic ring is 1. The highest BCUT2D eigenvalue weighted by Crippen LogP contribution is 2.22. The molecule has 0 aliphatic rings. The van der Waals surface area contributed by atoms with E-state index in [0.717, 1.165) is 23.4 Å². The van der Waals surface area contributed by atoms with Crippen molar-refractivity contribution in [3.63, 3.8) is 0 Å². The zero-order valence-corrected chi connectivity index (χ0v) is 10.4. The number of thioether (sulfide) groups is 1. The number of nitrogens with one attached hydrogen (secondary N) is 1. The van der Waals surface area contributed by atoms with E-state index in [1.54, 1.807) is 6.20 Å². The molecule has 3 N–H and O–H groups in total. The SMILES string of the molecule is CCNC(CSC)c1cc(C)cnc1N. The monoisotopic (exact) mass is 225 g/mol. The molecular weight excluding hydrogens is 206 g/mol. The van der Waals surface area contributed by atoms with Crippen LogP contribution < -0.4 is 11.1 Å². The fourth-order valence-corrected chi connectivity index (χ4v) is 2.18. The molecule has 0 aliphatic carbocycles. The van der Waals surface area contributed by atoms with Crippen LogP contribution >= 0.6 is 11.8 Å². The van der Waals surface area contributed by atoms with Gasteiger partial charge in [0, 0.05) is 23.6 Å². The Hall–Kier alpha value is -0.740. The van der Waals surface area contributed by atoms with Crippen molar-refractivity contribution in [2.24, 2.45) is 0 Å². The Labute approximate surface area is 95.9 Å². The molecule has 0 aliphatic heterocycles. The first-order chi connectivity index (χ1) is 7.19. The summed E-state index contributed by atoms with van der Waals surface area (Å²) in [6.07, 6.45) is 3.91. The molecule has 0 spiro atoms. The van der Waals surface area contributed by atoms with Gasteiger partial charge in [-0.05, 0) is 31.4 Å². The molecule has 1 heterocycles. The van der Waals surface area contributed by atoms with Gasteiger partial charge in [0.1, 0.15) is 5.82 Å². The van der Waals surface area contributed by atoms with Crippen molar-refractivity contribution >= 4 is 17.6 Å². The number of pyridine rings is 1. The number of aromatic nitrogens is 1. The Kier molecular flexibility index (Phi) is 4.91. The van der Waals surface area contributed by atoms with Crippen molar-refractivity contribution in [3.05, 3.63) is 23.4 Å². The second-order valence-electron chi connectivity index (χ2n) is 3.55. The fraction of sp³-hybridized carbons (Fsp3) is 0.545. The zero-order chi connectivity index (χ0) is 11.3. The Morgan fingerprint density at radius 1 is 1.60 bits per heavy atom. The van der Waals surface area contributed by atoms with Crippen LogP contribution in [0.25, 0.3) is 0 Å². The molecule has 1 aromatic heterocycles. The second kappa shape index (κ2) is 5.98. The average molecular weight is 225 g/mol. The molecule has 0 amide bonds. The summed E-state index contributed by atoms with van der Waals surface area (Å²) in [6.45, 7) is 5.09. The van der Waals surface area contributed by atoms with Gasteiger partial charge in [0.05, 0.1) is 0 Å². The highest BCUT2D eigenvalue weighted by Gasteiger charge is 2.13. The zero-order valence-electron chi connectivity index (χ0n) is 9.58. The topological polar surface area (TPSA) is 50.9 Å². The number of aryl methyl sites for hydroxylation is 1. The molecule has 0 aromatic carbocycles. The van der Waals surface area contributed by atoms with Gasteiger partial charge in [0.2, 0.25) is 0 Å². The summed E-state index contributed by atoms with van der Waals surface area (Å²) in [5.41, 5.74) is 8.16. The summed E-state index contributed by atoms with van der Waals surface area (Å²) in [5, 5.41) is 3.43. The summed E-state index contributed by atoms with van der Waals surface area (Å²) in [7, 11) is 0. The summed E-state index contributed by atoms with van der Waals surface area (Å²) in [6, 6.07) is 2.42. The molecule has 15 heavy (non-hydrogen) atoms. The molecule has 0 radical (unpaired) electrons. The van der Waals surface area contributed by atoms with E-state index < -0.39 is 0 Å². The fourth-order valence-electron chi connectivity index (χ4n) is 1.55. The van der Waals surface area contributed by atoms with Crippen molar-refractivity contribution in [3.8, 4) is 0 Å². The van der Waals surface area contributed by atoms with Crippen LogP contribution in [-0.2, 0) is 0 Å². The first-order valence-electron chi connectivity index (χ1n) is 5.13. The van der Waals surface area contributed by atoms with E-state index in [4.69, 9.17) is 5.73 Å². The maximum absolute atomic E-state index is 5.89. The maximum Gasteiger partial charge on any atom is 0.128 e. The molecule has 4 heteroatoms. The molecule has 0 fully saturated rings. The maximum atomic E-state index is 5.89. The van der Waals surface area contributed by atoms with Crippen LogP contribution in [0.3, 0.4) is 0 Å². The molecule has 0 bridgehead atoms. The number of rotatable bonds is 5. The minimum absolute atomic E-state index is 0.303. The second-order valence-corrected chi connectivity index (χ2v) is 4.46. The van der Waals surface area contributed by atoms with Crippen molar-refractivity contribution in [2.75, 3.05) is 24.3 Å². The minimum Gasteiger partial charge on any atom is -0.383 e. The van der Waals surface area contributed by atoms with Gasteiger partial charge in [-0.15, -0.1) is 0 Å². The molecule has 84 valence electrons. The first kappa shape index (κ1) is 12.3. The van der Waals surface area contributed by atoms with Crippen molar-refractivity contribution in [1.29, 1.82) is 0 Å². The molecule has 0 saturated heterocycles. The van der Waals surface area contributed by atoms with E-state index in [1.807, 2.05) is 18.7 Å². The van der Waals surface area contributed by atoms with Crippen LogP contribution in [0.4, 0.5) is 5.82 Å². The van der Waals surface area contributed by atoms with Gasteiger partial charge in [-0.3, -0.25) is 0 Å². The Morgan fingerprint density at radius 2 is 2.33 bits per heavy atom. The lowest BCUT2D eigenvalue weighted by Crippen LogP contribution is -2.24. The van der Waals surface area contributed by atoms with Gasteiger partial charge in [-0.25, -0.2) is 4.98 Å². The molecule has 1 atom stereocenters. The van der Waals surface area contributed by atoms with Crippen molar-refractivity contribution < 1.29 is 0 Å². The van der Waals surface area contributed by atoms with Gasteiger partial charge in [-0.1, -0.05) is 6.92 Å². The molecule has 1 unspecified atom stereocenters. The van der Waals surface area contributed by atoms with Gasteiger partial charge in [-0.2, -0.15) is 11.8 Å². The molecule has 3 nitrogen and oxygen atoms in total. The van der Waals surface area contributed by atoms with E-state index in [0.29, 0.717) is 11.9 Å². The van der Waals surface area contributed by atoms with Crippen LogP contribution in [0.15, 0.2) is 12.3 Å². The van der Waals surface area contributed by atoms with E-state index in [-0.39, 0.29) is 0 Å². The van der Waals surface area contributed by atoms with Crippen molar-refractivity contribution in [2.45, 2.75) is 19.9 Å². The lowest BCUT2D eigenvalue weighted by Gasteiger charge is -2.18. The van der Waals surface area contributed by atoms with Crippen LogP contribution in [0.1, 0.15) is 24.1 Å². The van der Waals surface area contributed by atoms with Crippen LogP contribution in [0.2, 0.25) is 0 Å². The average Bonchev–Trinajstić information content (AvgIpc) is 2.21. The third kappa shape index (κ3) is 3.39. The highest BCUT2D eigenvalue weighted by atomic mass is 32.2. The Bertz CT molecular complexity index is 309. The Morgan fingerprint density at radius 3 is 2.93 bits per heavy atom. The van der Waals surface area contributed by atoms with E-state index in [9.17, 15) is 0 Å². The normalized spacial score (nSPS) is 12.7. The third-order valence-electron chi connectivity index (χ3n) is 2.25. The molecule has 1 rings (SSSR count). The third-order valence-corrected chi connectivity index (χ3v) is 2.91. The molecule has 0 saturated carbocycles. The number of anilines is 1. The Balaban J connectivity index is 2.93. The highest BCUT2D eigenvalue weighted by molar-refractivity contribution is 7.98. The molecular formula is C11H19N3S. The summed E-state index contributed by atoms with van der Waals surface area (Å²) >= 11 is 1.81. The number of hydrogen-bond donors (Lipinski definition) is 2. The van der Waals surface area contributed by atoms with E-state index in [1.165, 1.54) is 0 Å². The minimum atomic E-state index is 0.303. The van der Waals surface area contributed by atoms with Crippen LogP contribution in [-0.4, -0.2) is 23.5 Å². The smallest absolute Gasteiger partial charge is 0.128 e. The largest absolute Gasteiger partial charge is 0.383 e. The summed E-state index contributed by atoms with van der Waals surface area (Å²) in [5.74, 6) is 1.66. The summed E-state index contributed by atoms with van der Waals surface area (Å²) in [4.78, 5) is 4.19. The quantitative estimate of drug-likeness (QED) is 0.804. The summed E-state index contributed by atoms with van der Waals surface area (Å²) < 4.78 is 0. The lowest BCUT2D eigenvalue weighted by atomic mass is 10.1. The lowest BCUT2D eigenvalue weighted by molar-refractivity contribution is 0.606. The predicted octanol–water partition coefficient (Wildman–Crippen LogP) is 1.99. The van der Waals surface area contributed by atoms with E-state index >= 15 is 0 Å². The number of hydrogen-bond acceptors (Lipinski definition) is 4. The molecule has 1 aromatic rings. The predicted molar refractivity (Wildman–Crippen MR) is 68.2 cm³/mol. The van der Waals surface area contributed by atoms with Crippen LogP contribution in [0.5, 0.6) is 0 Å². The van der Waals surface area contributed by atoms with Gasteiger partial charge in [0.25, 0.3) is 0 Å². The van der Waals surface area contributed by atoms with Gasteiger partial charge < -0.3 is 11.1 Å². The van der Waals surface area contributed by atoms with Gasteiger partial charge in [0.15, 0.2) is 0 Å². The van der Waals surface area contributed by atoms with E-state index in [2.05, 4.69) is 29.5 Å². The number of nitrogens with two attached hydrogens (primary N) is 1. The standard InChI is InChI=1S/C11H19N3S/c1-4-13-10(7-15-3)9-5-8(2)6-14-11(9)12/h5-6,10,13H,4,7H2,1-3H3,(H2,12,14). The van der Waals surface area contributed by atoms with Crippen molar-refractivity contribution in [1.82, 2.24) is 10.3 Å². The van der Waals surface area contributed by atoms with Crippen LogP contribution in [0, 0.1) is 6.92 Å². The first-order valence-corrected chi connectivity index (χ1v) is 6.52.